The molecule has 5 heteroatoms. The molecule has 1 heterocycles. The van der Waals surface area contributed by atoms with Crippen LogP contribution in [-0.4, -0.2) is 31.2 Å². The number of thiazole rings is 1. The van der Waals surface area contributed by atoms with Gasteiger partial charge in [0.25, 0.3) is 0 Å². The number of ether oxygens (including phenoxy) is 1. The average Bonchev–Trinajstić information content (AvgIpc) is 2.71. The summed E-state index contributed by atoms with van der Waals surface area (Å²) in [5.74, 6) is -0.00148. The summed E-state index contributed by atoms with van der Waals surface area (Å²) in [4.78, 5) is 17.0. The van der Waals surface area contributed by atoms with Crippen LogP contribution in [0.1, 0.15) is 47.1 Å². The van der Waals surface area contributed by atoms with Crippen LogP contribution in [0.15, 0.2) is 0 Å². The largest absolute Gasteiger partial charge is 0.462 e. The second-order valence-electron chi connectivity index (χ2n) is 4.05. The van der Waals surface area contributed by atoms with E-state index in [1.807, 2.05) is 27.8 Å². The SMILES string of the molecule is CCOC(=O)c1sc(CCNC)nc1C(C)C. The van der Waals surface area contributed by atoms with Crippen molar-refractivity contribution in [2.24, 2.45) is 0 Å². The van der Waals surface area contributed by atoms with Crippen LogP contribution in [0.5, 0.6) is 0 Å². The highest BCUT2D eigenvalue weighted by Gasteiger charge is 2.20. The lowest BCUT2D eigenvalue weighted by atomic mass is 10.1. The Labute approximate surface area is 106 Å². The van der Waals surface area contributed by atoms with E-state index in [0.717, 1.165) is 23.7 Å². The molecule has 0 aliphatic heterocycles. The molecule has 0 saturated carbocycles. The van der Waals surface area contributed by atoms with Crippen LogP contribution in [0.25, 0.3) is 0 Å². The molecule has 0 unspecified atom stereocenters. The Balaban J connectivity index is 2.92. The fourth-order valence-electron chi connectivity index (χ4n) is 1.45. The number of hydrogen-bond acceptors (Lipinski definition) is 5. The van der Waals surface area contributed by atoms with Gasteiger partial charge in [0.1, 0.15) is 4.88 Å². The first-order chi connectivity index (χ1) is 8.10. The van der Waals surface area contributed by atoms with E-state index in [0.29, 0.717) is 11.5 Å². The molecular formula is C12H20N2O2S. The Kier molecular flexibility index (Phi) is 5.58. The van der Waals surface area contributed by atoms with Crippen molar-refractivity contribution in [1.82, 2.24) is 10.3 Å². The van der Waals surface area contributed by atoms with Gasteiger partial charge in [-0.3, -0.25) is 0 Å². The summed E-state index contributed by atoms with van der Waals surface area (Å²) in [7, 11) is 1.91. The quantitative estimate of drug-likeness (QED) is 0.793. The number of aromatic nitrogens is 1. The number of esters is 1. The number of carbonyl (C=O) groups is 1. The van der Waals surface area contributed by atoms with Crippen molar-refractivity contribution < 1.29 is 9.53 Å². The van der Waals surface area contributed by atoms with E-state index in [-0.39, 0.29) is 11.9 Å². The fourth-order valence-corrected chi connectivity index (χ4v) is 2.56. The summed E-state index contributed by atoms with van der Waals surface area (Å²) in [5.41, 5.74) is 0.861. The second kappa shape index (κ2) is 6.71. The van der Waals surface area contributed by atoms with Crippen molar-refractivity contribution in [2.75, 3.05) is 20.2 Å². The summed E-state index contributed by atoms with van der Waals surface area (Å²) >= 11 is 1.45. The van der Waals surface area contributed by atoms with Gasteiger partial charge in [-0.05, 0) is 19.9 Å². The smallest absolute Gasteiger partial charge is 0.350 e. The van der Waals surface area contributed by atoms with E-state index in [1.54, 1.807) is 0 Å². The summed E-state index contributed by atoms with van der Waals surface area (Å²) in [5, 5.41) is 4.07. The minimum absolute atomic E-state index is 0.244. The van der Waals surface area contributed by atoms with Crippen molar-refractivity contribution in [3.63, 3.8) is 0 Å². The van der Waals surface area contributed by atoms with Crippen molar-refractivity contribution >= 4 is 17.3 Å². The first-order valence-electron chi connectivity index (χ1n) is 5.91. The molecule has 0 spiro atoms. The maximum atomic E-state index is 11.8. The summed E-state index contributed by atoms with van der Waals surface area (Å²) < 4.78 is 5.05. The summed E-state index contributed by atoms with van der Waals surface area (Å²) in [6, 6.07) is 0. The second-order valence-corrected chi connectivity index (χ2v) is 5.13. The lowest BCUT2D eigenvalue weighted by molar-refractivity contribution is 0.0530. The van der Waals surface area contributed by atoms with Gasteiger partial charge in [-0.2, -0.15) is 0 Å². The lowest BCUT2D eigenvalue weighted by Crippen LogP contribution is -2.10. The molecule has 0 fully saturated rings. The molecule has 17 heavy (non-hydrogen) atoms. The number of rotatable bonds is 6. The van der Waals surface area contributed by atoms with Crippen LogP contribution in [0.2, 0.25) is 0 Å². The Morgan fingerprint density at radius 2 is 2.24 bits per heavy atom. The molecule has 0 aliphatic carbocycles. The highest BCUT2D eigenvalue weighted by atomic mass is 32.1. The van der Waals surface area contributed by atoms with Crippen molar-refractivity contribution in [2.45, 2.75) is 33.1 Å². The molecule has 0 aromatic carbocycles. The molecule has 1 aromatic rings. The maximum Gasteiger partial charge on any atom is 0.350 e. The molecular weight excluding hydrogens is 236 g/mol. The van der Waals surface area contributed by atoms with E-state index < -0.39 is 0 Å². The lowest BCUT2D eigenvalue weighted by Gasteiger charge is -2.04. The van der Waals surface area contributed by atoms with E-state index in [1.165, 1.54) is 11.3 Å². The van der Waals surface area contributed by atoms with Crippen LogP contribution in [0, 0.1) is 0 Å². The zero-order valence-electron chi connectivity index (χ0n) is 10.9. The molecule has 0 bridgehead atoms. The molecule has 0 saturated heterocycles. The summed E-state index contributed by atoms with van der Waals surface area (Å²) in [6.07, 6.45) is 0.848. The van der Waals surface area contributed by atoms with Crippen LogP contribution in [-0.2, 0) is 11.2 Å². The van der Waals surface area contributed by atoms with Gasteiger partial charge in [-0.25, -0.2) is 9.78 Å². The van der Waals surface area contributed by atoms with Gasteiger partial charge in [0.05, 0.1) is 17.3 Å². The van der Waals surface area contributed by atoms with Gasteiger partial charge in [-0.15, -0.1) is 11.3 Å². The van der Waals surface area contributed by atoms with Gasteiger partial charge >= 0.3 is 5.97 Å². The van der Waals surface area contributed by atoms with Crippen LogP contribution in [0.3, 0.4) is 0 Å². The molecule has 1 N–H and O–H groups in total. The van der Waals surface area contributed by atoms with Crippen LogP contribution in [0.4, 0.5) is 0 Å². The van der Waals surface area contributed by atoms with Gasteiger partial charge in [-0.1, -0.05) is 13.8 Å². The van der Waals surface area contributed by atoms with Crippen molar-refractivity contribution in [3.05, 3.63) is 15.6 Å². The maximum absolute atomic E-state index is 11.8. The molecule has 4 nitrogen and oxygen atoms in total. The summed E-state index contributed by atoms with van der Waals surface area (Å²) in [6.45, 7) is 7.17. The zero-order valence-corrected chi connectivity index (χ0v) is 11.7. The third kappa shape index (κ3) is 3.78. The standard InChI is InChI=1S/C12H20N2O2S/c1-5-16-12(15)11-10(8(2)3)14-9(17-11)6-7-13-4/h8,13H,5-7H2,1-4H3. The topological polar surface area (TPSA) is 51.2 Å². The Bertz CT molecular complexity index is 375. The van der Waals surface area contributed by atoms with Gasteiger partial charge in [0, 0.05) is 13.0 Å². The van der Waals surface area contributed by atoms with E-state index >= 15 is 0 Å². The third-order valence-electron chi connectivity index (χ3n) is 2.29. The molecule has 1 rings (SSSR count). The number of nitrogens with zero attached hydrogens (tertiary/aromatic N) is 1. The Morgan fingerprint density at radius 1 is 1.53 bits per heavy atom. The highest BCUT2D eigenvalue weighted by molar-refractivity contribution is 7.13. The number of likely N-dealkylation sites (N-methyl/N-ethyl adjacent to an activating group) is 1. The van der Waals surface area contributed by atoms with Gasteiger partial charge in [0.2, 0.25) is 0 Å². The Morgan fingerprint density at radius 3 is 2.76 bits per heavy atom. The number of hydrogen-bond donors (Lipinski definition) is 1. The molecule has 96 valence electrons. The number of nitrogens with one attached hydrogen (secondary N) is 1. The predicted molar refractivity (Wildman–Crippen MR) is 69.8 cm³/mol. The molecule has 0 radical (unpaired) electrons. The Hall–Kier alpha value is -0.940. The first kappa shape index (κ1) is 14.1. The zero-order chi connectivity index (χ0) is 12.8. The van der Waals surface area contributed by atoms with E-state index in [9.17, 15) is 4.79 Å². The molecule has 0 aliphatic rings. The minimum Gasteiger partial charge on any atom is -0.462 e. The molecule has 0 atom stereocenters. The monoisotopic (exact) mass is 256 g/mol. The van der Waals surface area contributed by atoms with Crippen molar-refractivity contribution in [1.29, 1.82) is 0 Å². The van der Waals surface area contributed by atoms with Gasteiger partial charge < -0.3 is 10.1 Å². The van der Waals surface area contributed by atoms with Crippen LogP contribution < -0.4 is 5.32 Å². The normalized spacial score (nSPS) is 10.9. The average molecular weight is 256 g/mol. The highest BCUT2D eigenvalue weighted by Crippen LogP contribution is 2.26. The first-order valence-corrected chi connectivity index (χ1v) is 6.73. The fraction of sp³-hybridized carbons (Fsp3) is 0.667. The van der Waals surface area contributed by atoms with Crippen LogP contribution >= 0.6 is 11.3 Å². The molecule has 1 aromatic heterocycles. The van der Waals surface area contributed by atoms with E-state index in [4.69, 9.17) is 4.74 Å². The third-order valence-corrected chi connectivity index (χ3v) is 3.41. The molecule has 0 amide bonds. The van der Waals surface area contributed by atoms with E-state index in [2.05, 4.69) is 10.3 Å². The predicted octanol–water partition coefficient (Wildman–Crippen LogP) is 2.21. The minimum atomic E-state index is -0.246. The number of carbonyl (C=O) groups excluding carboxylic acids is 1. The van der Waals surface area contributed by atoms with Crippen molar-refractivity contribution in [3.8, 4) is 0 Å². The van der Waals surface area contributed by atoms with Gasteiger partial charge in [0.15, 0.2) is 0 Å².